The number of ketones is 1. The van der Waals surface area contributed by atoms with Gasteiger partial charge in [-0.05, 0) is 34.1 Å². The van der Waals surface area contributed by atoms with Crippen molar-refractivity contribution in [2.75, 3.05) is 0 Å². The summed E-state index contributed by atoms with van der Waals surface area (Å²) in [6, 6.07) is 5.58. The first-order chi connectivity index (χ1) is 6.75. The van der Waals surface area contributed by atoms with Gasteiger partial charge in [0, 0.05) is 11.3 Å². The molecule has 4 heteroatoms. The Hall–Kier alpha value is -0.870. The normalized spacial score (nSPS) is 10.4. The summed E-state index contributed by atoms with van der Waals surface area (Å²) in [7, 11) is 0. The fraction of sp³-hybridized carbons (Fsp3) is 0.100. The lowest BCUT2D eigenvalue weighted by molar-refractivity contribution is 0.0993. The van der Waals surface area contributed by atoms with Crippen molar-refractivity contribution in [1.82, 2.24) is 0 Å². The molecule has 0 aliphatic carbocycles. The van der Waals surface area contributed by atoms with Gasteiger partial charge in [-0.15, -0.1) is 11.3 Å². The van der Waals surface area contributed by atoms with Crippen molar-refractivity contribution in [2.45, 2.75) is 6.42 Å². The summed E-state index contributed by atoms with van der Waals surface area (Å²) in [6.45, 7) is 0. The van der Waals surface area contributed by atoms with E-state index in [-0.39, 0.29) is 5.78 Å². The zero-order valence-electron chi connectivity index (χ0n) is 7.20. The molecule has 0 amide bonds. The van der Waals surface area contributed by atoms with Gasteiger partial charge in [0.1, 0.15) is 6.26 Å². The first kappa shape index (κ1) is 9.68. The van der Waals surface area contributed by atoms with E-state index >= 15 is 0 Å². The molecule has 0 spiro atoms. The molecule has 0 saturated carbocycles. The maximum atomic E-state index is 11.6. The van der Waals surface area contributed by atoms with E-state index < -0.39 is 0 Å². The first-order valence-electron chi connectivity index (χ1n) is 4.05. The molecule has 2 heterocycles. The minimum atomic E-state index is 0.0908. The van der Waals surface area contributed by atoms with Crippen LogP contribution in [-0.4, -0.2) is 5.78 Å². The molecule has 2 aromatic heterocycles. The zero-order chi connectivity index (χ0) is 9.97. The fourth-order valence-corrected chi connectivity index (χ4v) is 2.61. The van der Waals surface area contributed by atoms with Crippen LogP contribution in [0.2, 0.25) is 0 Å². The molecule has 0 aliphatic heterocycles. The Labute approximate surface area is 93.7 Å². The average Bonchev–Trinajstić information content (AvgIpc) is 2.75. The van der Waals surface area contributed by atoms with Crippen LogP contribution >= 0.6 is 27.3 Å². The number of thiophene rings is 1. The predicted octanol–water partition coefficient (Wildman–Crippen LogP) is 3.53. The standard InChI is InChI=1S/C10H7BrO2S/c11-10-2-1-8(14-10)5-9(12)7-3-4-13-6-7/h1-4,6H,5H2. The van der Waals surface area contributed by atoms with Gasteiger partial charge in [-0.25, -0.2) is 0 Å². The Morgan fingerprint density at radius 1 is 1.43 bits per heavy atom. The second-order valence-electron chi connectivity index (χ2n) is 2.82. The number of Topliss-reactive ketones (excluding diaryl/α,β-unsaturated/α-hetero) is 1. The van der Waals surface area contributed by atoms with E-state index in [1.165, 1.54) is 12.5 Å². The highest BCUT2D eigenvalue weighted by Crippen LogP contribution is 2.23. The van der Waals surface area contributed by atoms with Crippen LogP contribution in [0.5, 0.6) is 0 Å². The van der Waals surface area contributed by atoms with Crippen molar-refractivity contribution in [2.24, 2.45) is 0 Å². The monoisotopic (exact) mass is 270 g/mol. The minimum Gasteiger partial charge on any atom is -0.472 e. The Morgan fingerprint density at radius 3 is 2.86 bits per heavy atom. The summed E-state index contributed by atoms with van der Waals surface area (Å²) in [6.07, 6.45) is 3.43. The summed E-state index contributed by atoms with van der Waals surface area (Å²) in [5, 5.41) is 0. The van der Waals surface area contributed by atoms with Crippen LogP contribution in [0.1, 0.15) is 15.2 Å². The highest BCUT2D eigenvalue weighted by atomic mass is 79.9. The van der Waals surface area contributed by atoms with Crippen molar-refractivity contribution in [3.8, 4) is 0 Å². The number of furan rings is 1. The Morgan fingerprint density at radius 2 is 2.29 bits per heavy atom. The highest BCUT2D eigenvalue weighted by Gasteiger charge is 2.09. The molecule has 0 aliphatic rings. The van der Waals surface area contributed by atoms with E-state index in [9.17, 15) is 4.79 Å². The van der Waals surface area contributed by atoms with Crippen LogP contribution in [0.15, 0.2) is 38.9 Å². The molecule has 0 fully saturated rings. The molecule has 0 bridgehead atoms. The Kier molecular flexibility index (Phi) is 2.84. The van der Waals surface area contributed by atoms with Gasteiger partial charge in [-0.2, -0.15) is 0 Å². The van der Waals surface area contributed by atoms with Crippen LogP contribution < -0.4 is 0 Å². The zero-order valence-corrected chi connectivity index (χ0v) is 9.60. The maximum Gasteiger partial charge on any atom is 0.171 e. The first-order valence-corrected chi connectivity index (χ1v) is 5.66. The summed E-state index contributed by atoms with van der Waals surface area (Å²) in [4.78, 5) is 12.7. The van der Waals surface area contributed by atoms with E-state index in [0.29, 0.717) is 12.0 Å². The third-order valence-electron chi connectivity index (χ3n) is 1.81. The Balaban J connectivity index is 2.09. The Bertz CT molecular complexity index is 431. The molecule has 72 valence electrons. The van der Waals surface area contributed by atoms with Crippen LogP contribution in [0.4, 0.5) is 0 Å². The number of rotatable bonds is 3. The SMILES string of the molecule is O=C(Cc1ccc(Br)s1)c1ccoc1. The summed E-state index contributed by atoms with van der Waals surface area (Å²) >= 11 is 4.94. The molecule has 0 unspecified atom stereocenters. The predicted molar refractivity (Wildman–Crippen MR) is 58.8 cm³/mol. The molecule has 2 rings (SSSR count). The molecule has 0 radical (unpaired) electrons. The lowest BCUT2D eigenvalue weighted by atomic mass is 10.1. The quantitative estimate of drug-likeness (QED) is 0.799. The lowest BCUT2D eigenvalue weighted by Crippen LogP contribution is -1.99. The molecule has 2 nitrogen and oxygen atoms in total. The van der Waals surface area contributed by atoms with Gasteiger partial charge in [-0.3, -0.25) is 4.79 Å². The summed E-state index contributed by atoms with van der Waals surface area (Å²) in [5.41, 5.74) is 0.634. The van der Waals surface area contributed by atoms with Gasteiger partial charge in [0.25, 0.3) is 0 Å². The third kappa shape index (κ3) is 2.13. The average molecular weight is 271 g/mol. The minimum absolute atomic E-state index is 0.0908. The molecule has 0 aromatic carbocycles. The van der Waals surface area contributed by atoms with Crippen LogP contribution in [0.3, 0.4) is 0 Å². The van der Waals surface area contributed by atoms with Crippen LogP contribution in [0, 0.1) is 0 Å². The fourth-order valence-electron chi connectivity index (χ4n) is 1.13. The van der Waals surface area contributed by atoms with Gasteiger partial charge in [0.15, 0.2) is 5.78 Å². The van der Waals surface area contributed by atoms with Crippen LogP contribution in [-0.2, 0) is 6.42 Å². The van der Waals surface area contributed by atoms with E-state index in [1.54, 1.807) is 17.4 Å². The molecular formula is C10H7BrO2S. The molecule has 0 N–H and O–H groups in total. The van der Waals surface area contributed by atoms with Gasteiger partial charge in [0.2, 0.25) is 0 Å². The maximum absolute atomic E-state index is 11.6. The lowest BCUT2D eigenvalue weighted by Gasteiger charge is -1.92. The second-order valence-corrected chi connectivity index (χ2v) is 5.37. The van der Waals surface area contributed by atoms with Gasteiger partial charge in [-0.1, -0.05) is 0 Å². The largest absolute Gasteiger partial charge is 0.472 e. The highest BCUT2D eigenvalue weighted by molar-refractivity contribution is 9.11. The molecule has 0 saturated heterocycles. The van der Waals surface area contributed by atoms with Crippen molar-refractivity contribution in [3.05, 3.63) is 45.0 Å². The molecule has 14 heavy (non-hydrogen) atoms. The second kappa shape index (κ2) is 4.11. The molecule has 0 atom stereocenters. The number of hydrogen-bond donors (Lipinski definition) is 0. The van der Waals surface area contributed by atoms with E-state index in [2.05, 4.69) is 15.9 Å². The number of hydrogen-bond acceptors (Lipinski definition) is 3. The van der Waals surface area contributed by atoms with Gasteiger partial charge < -0.3 is 4.42 Å². The topological polar surface area (TPSA) is 30.2 Å². The summed E-state index contributed by atoms with van der Waals surface area (Å²) in [5.74, 6) is 0.0908. The van der Waals surface area contributed by atoms with E-state index in [1.807, 2.05) is 12.1 Å². The van der Waals surface area contributed by atoms with E-state index in [0.717, 1.165) is 8.66 Å². The van der Waals surface area contributed by atoms with Crippen molar-refractivity contribution in [3.63, 3.8) is 0 Å². The molecule has 2 aromatic rings. The summed E-state index contributed by atoms with van der Waals surface area (Å²) < 4.78 is 5.90. The molecular weight excluding hydrogens is 264 g/mol. The smallest absolute Gasteiger partial charge is 0.171 e. The van der Waals surface area contributed by atoms with E-state index in [4.69, 9.17) is 4.42 Å². The number of halogens is 1. The number of carbonyl (C=O) groups is 1. The van der Waals surface area contributed by atoms with Crippen LogP contribution in [0.25, 0.3) is 0 Å². The van der Waals surface area contributed by atoms with Crippen molar-refractivity contribution >= 4 is 33.0 Å². The van der Waals surface area contributed by atoms with Crippen molar-refractivity contribution in [1.29, 1.82) is 0 Å². The van der Waals surface area contributed by atoms with Gasteiger partial charge >= 0.3 is 0 Å². The van der Waals surface area contributed by atoms with Gasteiger partial charge in [0.05, 0.1) is 15.6 Å². The number of carbonyl (C=O) groups excluding carboxylic acids is 1. The third-order valence-corrected chi connectivity index (χ3v) is 3.43. The van der Waals surface area contributed by atoms with Crippen molar-refractivity contribution < 1.29 is 9.21 Å².